The van der Waals surface area contributed by atoms with Crippen LogP contribution in [0.2, 0.25) is 10.0 Å². The van der Waals surface area contributed by atoms with E-state index in [9.17, 15) is 4.79 Å². The Kier molecular flexibility index (Phi) is 8.73. The molecule has 0 saturated heterocycles. The Hall–Kier alpha value is -1.10. The molecule has 6 heteroatoms. The van der Waals surface area contributed by atoms with Crippen LogP contribution in [0, 0.1) is 0 Å². The van der Waals surface area contributed by atoms with E-state index < -0.39 is 0 Å². The van der Waals surface area contributed by atoms with Gasteiger partial charge in [-0.3, -0.25) is 4.79 Å². The Morgan fingerprint density at radius 3 is 2.52 bits per heavy atom. The zero-order chi connectivity index (χ0) is 18.1. The van der Waals surface area contributed by atoms with Gasteiger partial charge in [-0.25, -0.2) is 4.98 Å². The van der Waals surface area contributed by atoms with E-state index >= 15 is 0 Å². The maximum atomic E-state index is 12.0. The second-order valence-corrected chi connectivity index (χ2v) is 7.76. The van der Waals surface area contributed by atoms with Gasteiger partial charge < -0.3 is 5.32 Å². The van der Waals surface area contributed by atoms with Crippen LogP contribution in [-0.2, 0) is 4.79 Å². The minimum absolute atomic E-state index is 0.0311. The SMILES string of the molecule is CCCCCCCCCC(=O)Nc1nc(-c2ccc(Cl)c(Cl)c2)cs1. The summed E-state index contributed by atoms with van der Waals surface area (Å²) in [6, 6.07) is 5.40. The standard InChI is InChI=1S/C19H24Cl2N2OS/c1-2-3-4-5-6-7-8-9-18(24)23-19-22-17(13-25-19)14-10-11-15(20)16(21)12-14/h10-13H,2-9H2,1H3,(H,22,23,24). The summed E-state index contributed by atoms with van der Waals surface area (Å²) in [6.45, 7) is 2.22. The quantitative estimate of drug-likeness (QED) is 0.429. The topological polar surface area (TPSA) is 42.0 Å². The molecule has 25 heavy (non-hydrogen) atoms. The highest BCUT2D eigenvalue weighted by Gasteiger charge is 2.09. The van der Waals surface area contributed by atoms with Gasteiger partial charge in [0, 0.05) is 17.4 Å². The van der Waals surface area contributed by atoms with E-state index in [0.717, 1.165) is 24.1 Å². The number of hydrogen-bond donors (Lipinski definition) is 1. The number of benzene rings is 1. The van der Waals surface area contributed by atoms with E-state index in [2.05, 4.69) is 17.2 Å². The van der Waals surface area contributed by atoms with Crippen LogP contribution in [0.1, 0.15) is 58.3 Å². The highest BCUT2D eigenvalue weighted by molar-refractivity contribution is 7.14. The van der Waals surface area contributed by atoms with E-state index in [0.29, 0.717) is 21.6 Å². The molecule has 0 spiro atoms. The lowest BCUT2D eigenvalue weighted by atomic mass is 10.1. The first kappa shape index (κ1) is 20.2. The van der Waals surface area contributed by atoms with Crippen LogP contribution < -0.4 is 5.32 Å². The number of nitrogens with zero attached hydrogens (tertiary/aromatic N) is 1. The van der Waals surface area contributed by atoms with Gasteiger partial charge >= 0.3 is 0 Å². The molecule has 0 saturated carbocycles. The molecule has 0 fully saturated rings. The van der Waals surface area contributed by atoms with Crippen LogP contribution in [0.15, 0.2) is 23.6 Å². The van der Waals surface area contributed by atoms with Crippen molar-refractivity contribution >= 4 is 45.6 Å². The molecule has 0 aliphatic heterocycles. The Morgan fingerprint density at radius 2 is 1.80 bits per heavy atom. The first-order valence-electron chi connectivity index (χ1n) is 8.81. The molecular formula is C19H24Cl2N2OS. The molecular weight excluding hydrogens is 375 g/mol. The Bertz CT molecular complexity index is 688. The molecule has 136 valence electrons. The van der Waals surface area contributed by atoms with Crippen molar-refractivity contribution in [1.82, 2.24) is 4.98 Å². The maximum Gasteiger partial charge on any atom is 0.226 e. The third-order valence-corrected chi connectivity index (χ3v) is 5.47. The molecule has 1 N–H and O–H groups in total. The van der Waals surface area contributed by atoms with Gasteiger partial charge in [0.25, 0.3) is 0 Å². The zero-order valence-electron chi connectivity index (χ0n) is 14.5. The van der Waals surface area contributed by atoms with Gasteiger partial charge in [0.2, 0.25) is 5.91 Å². The Morgan fingerprint density at radius 1 is 1.08 bits per heavy atom. The van der Waals surface area contributed by atoms with E-state index in [1.165, 1.54) is 43.4 Å². The summed E-state index contributed by atoms with van der Waals surface area (Å²) in [4.78, 5) is 16.5. The minimum Gasteiger partial charge on any atom is -0.302 e. The highest BCUT2D eigenvalue weighted by atomic mass is 35.5. The summed E-state index contributed by atoms with van der Waals surface area (Å²) in [5.41, 5.74) is 1.67. The third kappa shape index (κ3) is 6.96. The molecule has 3 nitrogen and oxygen atoms in total. The number of hydrogen-bond acceptors (Lipinski definition) is 3. The molecule has 0 unspecified atom stereocenters. The number of halogens is 2. The summed E-state index contributed by atoms with van der Waals surface area (Å²) in [5, 5.41) is 6.42. The summed E-state index contributed by atoms with van der Waals surface area (Å²) >= 11 is 13.4. The largest absolute Gasteiger partial charge is 0.302 e. The number of nitrogens with one attached hydrogen (secondary N) is 1. The molecule has 0 bridgehead atoms. The highest BCUT2D eigenvalue weighted by Crippen LogP contribution is 2.30. The van der Waals surface area contributed by atoms with Crippen LogP contribution >= 0.6 is 34.5 Å². The summed E-state index contributed by atoms with van der Waals surface area (Å²) in [6.07, 6.45) is 8.97. The molecule has 0 aliphatic rings. The fourth-order valence-electron chi connectivity index (χ4n) is 2.54. The van der Waals surface area contributed by atoms with Gasteiger partial charge in [0.15, 0.2) is 5.13 Å². The van der Waals surface area contributed by atoms with Crippen molar-refractivity contribution in [3.8, 4) is 11.3 Å². The fraction of sp³-hybridized carbons (Fsp3) is 0.474. The van der Waals surface area contributed by atoms with Crippen molar-refractivity contribution < 1.29 is 4.79 Å². The van der Waals surface area contributed by atoms with Crippen LogP contribution in [0.25, 0.3) is 11.3 Å². The number of rotatable bonds is 10. The van der Waals surface area contributed by atoms with E-state index in [4.69, 9.17) is 23.2 Å². The molecule has 2 rings (SSSR count). The van der Waals surface area contributed by atoms with Gasteiger partial charge in [-0.1, -0.05) is 74.7 Å². The van der Waals surface area contributed by atoms with Gasteiger partial charge in [0.1, 0.15) is 0 Å². The summed E-state index contributed by atoms with van der Waals surface area (Å²) < 4.78 is 0. The normalized spacial score (nSPS) is 10.8. The number of carbonyl (C=O) groups excluding carboxylic acids is 1. The smallest absolute Gasteiger partial charge is 0.226 e. The predicted octanol–water partition coefficient (Wildman–Crippen LogP) is 7.20. The molecule has 0 radical (unpaired) electrons. The van der Waals surface area contributed by atoms with Crippen molar-refractivity contribution in [3.63, 3.8) is 0 Å². The van der Waals surface area contributed by atoms with Crippen molar-refractivity contribution in [3.05, 3.63) is 33.6 Å². The summed E-state index contributed by atoms with van der Waals surface area (Å²) in [7, 11) is 0. The number of aromatic nitrogens is 1. The van der Waals surface area contributed by atoms with E-state index in [1.807, 2.05) is 11.4 Å². The van der Waals surface area contributed by atoms with Gasteiger partial charge in [-0.05, 0) is 18.6 Å². The zero-order valence-corrected chi connectivity index (χ0v) is 16.8. The second kappa shape index (κ2) is 10.8. The number of unbranched alkanes of at least 4 members (excludes halogenated alkanes) is 6. The second-order valence-electron chi connectivity index (χ2n) is 6.09. The molecule has 2 aromatic rings. The first-order chi connectivity index (χ1) is 12.1. The third-order valence-electron chi connectivity index (χ3n) is 3.97. The Labute approximate surface area is 163 Å². The molecule has 1 aromatic heterocycles. The maximum absolute atomic E-state index is 12.0. The molecule has 0 atom stereocenters. The first-order valence-corrected chi connectivity index (χ1v) is 10.4. The van der Waals surface area contributed by atoms with Crippen molar-refractivity contribution in [2.45, 2.75) is 58.3 Å². The summed E-state index contributed by atoms with van der Waals surface area (Å²) in [5.74, 6) is 0.0311. The number of amides is 1. The molecule has 1 aromatic carbocycles. The van der Waals surface area contributed by atoms with Crippen molar-refractivity contribution in [2.75, 3.05) is 5.32 Å². The predicted molar refractivity (Wildman–Crippen MR) is 109 cm³/mol. The fourth-order valence-corrected chi connectivity index (χ4v) is 3.58. The number of anilines is 1. The van der Waals surface area contributed by atoms with Crippen LogP contribution in [0.3, 0.4) is 0 Å². The number of thiazole rings is 1. The van der Waals surface area contributed by atoms with Crippen LogP contribution in [0.5, 0.6) is 0 Å². The average molecular weight is 399 g/mol. The van der Waals surface area contributed by atoms with Crippen molar-refractivity contribution in [2.24, 2.45) is 0 Å². The molecule has 1 heterocycles. The Balaban J connectivity index is 1.75. The van der Waals surface area contributed by atoms with E-state index in [1.54, 1.807) is 12.1 Å². The van der Waals surface area contributed by atoms with Gasteiger partial charge in [-0.15, -0.1) is 11.3 Å². The average Bonchev–Trinajstić information content (AvgIpc) is 3.05. The van der Waals surface area contributed by atoms with Crippen molar-refractivity contribution in [1.29, 1.82) is 0 Å². The van der Waals surface area contributed by atoms with Crippen LogP contribution in [-0.4, -0.2) is 10.9 Å². The number of carbonyl (C=O) groups is 1. The van der Waals surface area contributed by atoms with Gasteiger partial charge in [0.05, 0.1) is 15.7 Å². The van der Waals surface area contributed by atoms with Gasteiger partial charge in [-0.2, -0.15) is 0 Å². The minimum atomic E-state index is 0.0311. The molecule has 0 aliphatic carbocycles. The lowest BCUT2D eigenvalue weighted by Gasteiger charge is -2.03. The monoisotopic (exact) mass is 398 g/mol. The van der Waals surface area contributed by atoms with E-state index in [-0.39, 0.29) is 5.91 Å². The lowest BCUT2D eigenvalue weighted by molar-refractivity contribution is -0.116. The molecule has 1 amide bonds. The lowest BCUT2D eigenvalue weighted by Crippen LogP contribution is -2.10. The van der Waals surface area contributed by atoms with Crippen LogP contribution in [0.4, 0.5) is 5.13 Å².